The Kier molecular flexibility index (Phi) is 3.13. The molecule has 2 atom stereocenters. The molecule has 0 heterocycles. The van der Waals surface area contributed by atoms with Crippen LogP contribution in [0.1, 0.15) is 29.7 Å². The topological polar surface area (TPSA) is 66.5 Å². The van der Waals surface area contributed by atoms with Gasteiger partial charge in [-0.15, -0.1) is 0 Å². The fourth-order valence-electron chi connectivity index (χ4n) is 1.46. The summed E-state index contributed by atoms with van der Waals surface area (Å²) < 4.78 is 0. The monoisotopic (exact) mass is 195 g/mol. The second-order valence-corrected chi connectivity index (χ2v) is 3.77. The smallest absolute Gasteiger partial charge is 0.121 e. The number of aryl methyl sites for hydroxylation is 2. The molecule has 3 heteroatoms. The van der Waals surface area contributed by atoms with Crippen molar-refractivity contribution in [2.45, 2.75) is 32.9 Å². The zero-order chi connectivity index (χ0) is 10.9. The van der Waals surface area contributed by atoms with Gasteiger partial charge in [-0.25, -0.2) is 0 Å². The van der Waals surface area contributed by atoms with Gasteiger partial charge in [-0.2, -0.15) is 0 Å². The minimum Gasteiger partial charge on any atom is -0.507 e. The summed E-state index contributed by atoms with van der Waals surface area (Å²) in [6.07, 6.45) is -0.585. The molecule has 3 nitrogen and oxygen atoms in total. The van der Waals surface area contributed by atoms with E-state index in [2.05, 4.69) is 0 Å². The van der Waals surface area contributed by atoms with E-state index in [9.17, 15) is 10.2 Å². The summed E-state index contributed by atoms with van der Waals surface area (Å²) in [5, 5.41) is 18.9. The molecular formula is C11H17NO2. The number of aromatic hydroxyl groups is 1. The van der Waals surface area contributed by atoms with Gasteiger partial charge in [-0.05, 0) is 37.5 Å². The Morgan fingerprint density at radius 2 is 1.64 bits per heavy atom. The van der Waals surface area contributed by atoms with E-state index in [4.69, 9.17) is 5.73 Å². The van der Waals surface area contributed by atoms with Crippen molar-refractivity contribution in [2.75, 3.05) is 0 Å². The predicted octanol–water partition coefficient (Wildman–Crippen LogP) is 1.39. The number of rotatable bonds is 2. The fraction of sp³-hybridized carbons (Fsp3) is 0.455. The van der Waals surface area contributed by atoms with Crippen LogP contribution >= 0.6 is 0 Å². The van der Waals surface area contributed by atoms with Crippen LogP contribution in [0, 0.1) is 13.8 Å². The third kappa shape index (κ3) is 2.05. The van der Waals surface area contributed by atoms with Crippen molar-refractivity contribution in [1.82, 2.24) is 0 Å². The van der Waals surface area contributed by atoms with Crippen LogP contribution in [0.5, 0.6) is 5.75 Å². The molecule has 0 amide bonds. The molecule has 1 aromatic carbocycles. The highest BCUT2D eigenvalue weighted by atomic mass is 16.3. The van der Waals surface area contributed by atoms with Crippen LogP contribution in [0.15, 0.2) is 12.1 Å². The van der Waals surface area contributed by atoms with Crippen LogP contribution < -0.4 is 5.73 Å². The zero-order valence-electron chi connectivity index (χ0n) is 8.78. The molecule has 0 spiro atoms. The third-order valence-corrected chi connectivity index (χ3v) is 2.42. The number of nitrogens with two attached hydrogens (primary N) is 1. The highest BCUT2D eigenvalue weighted by Gasteiger charge is 2.14. The summed E-state index contributed by atoms with van der Waals surface area (Å²) >= 11 is 0. The van der Waals surface area contributed by atoms with E-state index in [1.807, 2.05) is 13.8 Å². The number of hydrogen-bond donors (Lipinski definition) is 3. The Labute approximate surface area is 84.2 Å². The molecule has 0 aliphatic carbocycles. The molecule has 4 N–H and O–H groups in total. The van der Waals surface area contributed by atoms with Crippen LogP contribution in [-0.2, 0) is 0 Å². The first-order valence-corrected chi connectivity index (χ1v) is 4.67. The minimum absolute atomic E-state index is 0.298. The Balaban J connectivity index is 3.12. The Bertz CT molecular complexity index is 311. The van der Waals surface area contributed by atoms with E-state index in [0.717, 1.165) is 16.7 Å². The van der Waals surface area contributed by atoms with Gasteiger partial charge in [0, 0.05) is 0 Å². The molecule has 0 aliphatic heterocycles. The molecular weight excluding hydrogens is 178 g/mol. The molecule has 0 fully saturated rings. The number of phenolic OH excluding ortho intramolecular Hbond substituents is 1. The standard InChI is InChI=1S/C11H17NO2/c1-6-4-9(10(12)8(3)13)5-7(2)11(6)14/h4-5,8,10,13-14H,12H2,1-3H3/t8-,10-/m1/s1. The molecule has 14 heavy (non-hydrogen) atoms. The summed E-state index contributed by atoms with van der Waals surface area (Å²) in [4.78, 5) is 0. The van der Waals surface area contributed by atoms with Crippen LogP contribution in [-0.4, -0.2) is 16.3 Å². The molecule has 0 saturated heterocycles. The normalized spacial score (nSPS) is 15.2. The van der Waals surface area contributed by atoms with Gasteiger partial charge in [0.15, 0.2) is 0 Å². The number of hydrogen-bond acceptors (Lipinski definition) is 3. The third-order valence-electron chi connectivity index (χ3n) is 2.42. The van der Waals surface area contributed by atoms with E-state index in [1.54, 1.807) is 19.1 Å². The van der Waals surface area contributed by atoms with Crippen LogP contribution in [0.2, 0.25) is 0 Å². The molecule has 1 rings (SSSR count). The van der Waals surface area contributed by atoms with Crippen molar-refractivity contribution in [1.29, 1.82) is 0 Å². The van der Waals surface area contributed by atoms with E-state index >= 15 is 0 Å². The molecule has 0 unspecified atom stereocenters. The SMILES string of the molecule is Cc1cc([C@H](N)[C@@H](C)O)cc(C)c1O. The molecule has 0 aromatic heterocycles. The van der Waals surface area contributed by atoms with Gasteiger partial charge in [-0.3, -0.25) is 0 Å². The van der Waals surface area contributed by atoms with Crippen molar-refractivity contribution in [3.63, 3.8) is 0 Å². The Morgan fingerprint density at radius 1 is 1.21 bits per heavy atom. The molecule has 0 saturated carbocycles. The molecule has 78 valence electrons. The minimum atomic E-state index is -0.585. The first-order valence-electron chi connectivity index (χ1n) is 4.67. The number of aliphatic hydroxyl groups is 1. The highest BCUT2D eigenvalue weighted by Crippen LogP contribution is 2.26. The van der Waals surface area contributed by atoms with E-state index in [-0.39, 0.29) is 0 Å². The van der Waals surface area contributed by atoms with Gasteiger partial charge in [0.25, 0.3) is 0 Å². The Hall–Kier alpha value is -1.06. The average molecular weight is 195 g/mol. The van der Waals surface area contributed by atoms with Gasteiger partial charge >= 0.3 is 0 Å². The summed E-state index contributed by atoms with van der Waals surface area (Å²) in [6, 6.07) is 3.22. The van der Waals surface area contributed by atoms with Crippen LogP contribution in [0.4, 0.5) is 0 Å². The van der Waals surface area contributed by atoms with Gasteiger partial charge in [-0.1, -0.05) is 12.1 Å². The molecule has 0 aliphatic rings. The lowest BCUT2D eigenvalue weighted by atomic mass is 9.98. The lowest BCUT2D eigenvalue weighted by Crippen LogP contribution is -2.23. The largest absolute Gasteiger partial charge is 0.507 e. The first-order chi connectivity index (χ1) is 6.43. The predicted molar refractivity (Wildman–Crippen MR) is 56.2 cm³/mol. The van der Waals surface area contributed by atoms with Crippen molar-refractivity contribution in [2.24, 2.45) is 5.73 Å². The molecule has 1 aromatic rings. The maximum Gasteiger partial charge on any atom is 0.121 e. The lowest BCUT2D eigenvalue weighted by molar-refractivity contribution is 0.164. The summed E-state index contributed by atoms with van der Waals surface area (Å²) in [5.41, 5.74) is 8.22. The maximum atomic E-state index is 9.55. The molecule has 0 bridgehead atoms. The summed E-state index contributed by atoms with van der Waals surface area (Å²) in [7, 11) is 0. The van der Waals surface area contributed by atoms with Gasteiger partial charge < -0.3 is 15.9 Å². The Morgan fingerprint density at radius 3 is 2.00 bits per heavy atom. The summed E-state index contributed by atoms with van der Waals surface area (Å²) in [6.45, 7) is 5.30. The zero-order valence-corrected chi connectivity index (χ0v) is 8.78. The van der Waals surface area contributed by atoms with Crippen molar-refractivity contribution in [3.05, 3.63) is 28.8 Å². The van der Waals surface area contributed by atoms with Crippen LogP contribution in [0.3, 0.4) is 0 Å². The van der Waals surface area contributed by atoms with Crippen molar-refractivity contribution >= 4 is 0 Å². The summed E-state index contributed by atoms with van der Waals surface area (Å²) in [5.74, 6) is 0.298. The van der Waals surface area contributed by atoms with Gasteiger partial charge in [0.1, 0.15) is 5.75 Å². The van der Waals surface area contributed by atoms with Crippen LogP contribution in [0.25, 0.3) is 0 Å². The van der Waals surface area contributed by atoms with E-state index < -0.39 is 12.1 Å². The maximum absolute atomic E-state index is 9.55. The molecule has 0 radical (unpaired) electrons. The second kappa shape index (κ2) is 3.98. The second-order valence-electron chi connectivity index (χ2n) is 3.77. The lowest BCUT2D eigenvalue weighted by Gasteiger charge is -2.17. The number of phenols is 1. The van der Waals surface area contributed by atoms with E-state index in [0.29, 0.717) is 5.75 Å². The first kappa shape index (κ1) is 11.0. The average Bonchev–Trinajstić information content (AvgIpc) is 2.12. The van der Waals surface area contributed by atoms with E-state index in [1.165, 1.54) is 0 Å². The highest BCUT2D eigenvalue weighted by molar-refractivity contribution is 5.43. The number of benzene rings is 1. The van der Waals surface area contributed by atoms with Crippen molar-refractivity contribution < 1.29 is 10.2 Å². The fourth-order valence-corrected chi connectivity index (χ4v) is 1.46. The quantitative estimate of drug-likeness (QED) is 0.668. The van der Waals surface area contributed by atoms with Crippen molar-refractivity contribution in [3.8, 4) is 5.75 Å². The van der Waals surface area contributed by atoms with Gasteiger partial charge in [0.05, 0.1) is 12.1 Å². The van der Waals surface area contributed by atoms with Gasteiger partial charge in [0.2, 0.25) is 0 Å². The number of aliphatic hydroxyl groups excluding tert-OH is 1.